The Morgan fingerprint density at radius 2 is 2.17 bits per heavy atom. The Morgan fingerprint density at radius 1 is 1.35 bits per heavy atom. The minimum Gasteiger partial charge on any atom is -0.490 e. The third-order valence-electron chi connectivity index (χ3n) is 3.73. The van der Waals surface area contributed by atoms with Crippen molar-refractivity contribution in [3.05, 3.63) is 36.8 Å². The van der Waals surface area contributed by atoms with Crippen LogP contribution in [0.25, 0.3) is 5.69 Å². The van der Waals surface area contributed by atoms with Crippen molar-refractivity contribution in [1.82, 2.24) is 9.55 Å². The van der Waals surface area contributed by atoms with Crippen molar-refractivity contribution in [1.29, 1.82) is 0 Å². The number of rotatable bonds is 5. The fourth-order valence-corrected chi connectivity index (χ4v) is 2.65. The Kier molecular flexibility index (Phi) is 4.80. The fraction of sp³-hybridized carbons (Fsp3) is 0.412. The average Bonchev–Trinajstić information content (AvgIpc) is 3.20. The minimum atomic E-state index is -0.754. The number of nitrogens with zero attached hydrogens (tertiary/aromatic N) is 2. The van der Waals surface area contributed by atoms with Gasteiger partial charge in [-0.15, -0.1) is 0 Å². The second-order valence-electron chi connectivity index (χ2n) is 5.43. The van der Waals surface area contributed by atoms with E-state index >= 15 is 0 Å². The van der Waals surface area contributed by atoms with Crippen molar-refractivity contribution >= 4 is 6.16 Å². The zero-order chi connectivity index (χ0) is 16.1. The van der Waals surface area contributed by atoms with Crippen LogP contribution in [0, 0.1) is 0 Å². The van der Waals surface area contributed by atoms with Crippen molar-refractivity contribution in [3.63, 3.8) is 0 Å². The molecule has 6 heteroatoms. The second-order valence-corrected chi connectivity index (χ2v) is 5.43. The van der Waals surface area contributed by atoms with Gasteiger partial charge < -0.3 is 18.8 Å². The number of ether oxygens (including phenoxy) is 3. The molecule has 0 bridgehead atoms. The third kappa shape index (κ3) is 4.03. The molecule has 1 saturated carbocycles. The van der Waals surface area contributed by atoms with Crippen LogP contribution in [-0.4, -0.2) is 28.4 Å². The number of aromatic nitrogens is 2. The lowest BCUT2D eigenvalue weighted by Crippen LogP contribution is -2.11. The Labute approximate surface area is 135 Å². The number of imidazole rings is 1. The van der Waals surface area contributed by atoms with E-state index < -0.39 is 6.16 Å². The predicted molar refractivity (Wildman–Crippen MR) is 84.1 cm³/mol. The number of carbonyl (C=O) groups excluding carboxylic acids is 1. The Hall–Kier alpha value is -2.50. The van der Waals surface area contributed by atoms with Gasteiger partial charge in [-0.3, -0.25) is 0 Å². The molecule has 2 aromatic rings. The maximum Gasteiger partial charge on any atom is 0.515 e. The standard InChI is InChI=1S/C17H20N2O4/c1-2-21-17(20)23-16-11-19(12-18-16)13-6-5-9-15(10-13)22-14-7-3-4-8-14/h5-6,9-12,14H,2-4,7-8H2,1H3. The van der Waals surface area contributed by atoms with Gasteiger partial charge in [0.1, 0.15) is 12.1 Å². The van der Waals surface area contributed by atoms with Crippen LogP contribution < -0.4 is 9.47 Å². The van der Waals surface area contributed by atoms with Gasteiger partial charge in [-0.2, -0.15) is 0 Å². The van der Waals surface area contributed by atoms with Crippen molar-refractivity contribution in [2.24, 2.45) is 0 Å². The highest BCUT2D eigenvalue weighted by atomic mass is 16.7. The lowest BCUT2D eigenvalue weighted by atomic mass is 10.2. The first kappa shape index (κ1) is 15.4. The Balaban J connectivity index is 1.69. The van der Waals surface area contributed by atoms with Crippen molar-refractivity contribution < 1.29 is 19.0 Å². The molecule has 0 unspecified atom stereocenters. The van der Waals surface area contributed by atoms with E-state index in [-0.39, 0.29) is 12.5 Å². The topological polar surface area (TPSA) is 62.6 Å². The van der Waals surface area contributed by atoms with Crippen molar-refractivity contribution in [2.45, 2.75) is 38.7 Å². The molecule has 1 aromatic carbocycles. The van der Waals surface area contributed by atoms with Gasteiger partial charge in [-0.1, -0.05) is 6.07 Å². The first-order valence-corrected chi connectivity index (χ1v) is 7.90. The van der Waals surface area contributed by atoms with Crippen LogP contribution in [0.3, 0.4) is 0 Å². The largest absolute Gasteiger partial charge is 0.515 e. The van der Waals surface area contributed by atoms with E-state index in [9.17, 15) is 4.79 Å². The minimum absolute atomic E-state index is 0.200. The Bertz CT molecular complexity index is 662. The molecular weight excluding hydrogens is 296 g/mol. The molecule has 0 N–H and O–H groups in total. The lowest BCUT2D eigenvalue weighted by molar-refractivity contribution is 0.103. The van der Waals surface area contributed by atoms with Gasteiger partial charge >= 0.3 is 6.16 Å². The molecule has 1 aromatic heterocycles. The number of benzene rings is 1. The summed E-state index contributed by atoms with van der Waals surface area (Å²) in [6.45, 7) is 1.98. The summed E-state index contributed by atoms with van der Waals surface area (Å²) in [7, 11) is 0. The SMILES string of the molecule is CCOC(=O)Oc1cn(-c2cccc(OC3CCCC3)c2)cn1. The van der Waals surface area contributed by atoms with Crippen LogP contribution in [-0.2, 0) is 4.74 Å². The lowest BCUT2D eigenvalue weighted by Gasteiger charge is -2.13. The summed E-state index contributed by atoms with van der Waals surface area (Å²) in [6, 6.07) is 7.78. The maximum absolute atomic E-state index is 11.3. The summed E-state index contributed by atoms with van der Waals surface area (Å²) in [4.78, 5) is 15.3. The molecule has 0 saturated heterocycles. The van der Waals surface area contributed by atoms with Gasteiger partial charge in [0.05, 0.1) is 24.6 Å². The van der Waals surface area contributed by atoms with Gasteiger partial charge in [0.2, 0.25) is 5.88 Å². The molecule has 0 atom stereocenters. The van der Waals surface area contributed by atoms with E-state index in [1.54, 1.807) is 24.0 Å². The first-order chi connectivity index (χ1) is 11.2. The maximum atomic E-state index is 11.3. The molecule has 122 valence electrons. The summed E-state index contributed by atoms with van der Waals surface area (Å²) in [5.74, 6) is 1.04. The highest BCUT2D eigenvalue weighted by Crippen LogP contribution is 2.25. The van der Waals surface area contributed by atoms with Gasteiger partial charge in [0.25, 0.3) is 0 Å². The first-order valence-electron chi connectivity index (χ1n) is 7.90. The summed E-state index contributed by atoms with van der Waals surface area (Å²) in [6.07, 6.45) is 7.49. The molecule has 0 aliphatic heterocycles. The summed E-state index contributed by atoms with van der Waals surface area (Å²) < 4.78 is 17.5. The van der Waals surface area contributed by atoms with E-state index in [1.807, 2.05) is 24.3 Å². The van der Waals surface area contributed by atoms with E-state index in [1.165, 1.54) is 12.8 Å². The average molecular weight is 316 g/mol. The molecule has 0 radical (unpaired) electrons. The summed E-state index contributed by atoms with van der Waals surface area (Å²) in [5, 5.41) is 0. The molecule has 1 fully saturated rings. The molecule has 1 aliphatic carbocycles. The molecular formula is C17H20N2O4. The summed E-state index contributed by atoms with van der Waals surface area (Å²) in [5.41, 5.74) is 0.895. The van der Waals surface area contributed by atoms with E-state index in [4.69, 9.17) is 14.2 Å². The van der Waals surface area contributed by atoms with Crippen LogP contribution >= 0.6 is 0 Å². The normalized spacial score (nSPS) is 14.7. The fourth-order valence-electron chi connectivity index (χ4n) is 2.65. The van der Waals surface area contributed by atoms with Crippen LogP contribution in [0.1, 0.15) is 32.6 Å². The van der Waals surface area contributed by atoms with Crippen LogP contribution in [0.2, 0.25) is 0 Å². The van der Waals surface area contributed by atoms with Crippen LogP contribution in [0.15, 0.2) is 36.8 Å². The van der Waals surface area contributed by atoms with E-state index in [0.717, 1.165) is 24.3 Å². The van der Waals surface area contributed by atoms with Crippen LogP contribution in [0.5, 0.6) is 11.6 Å². The molecule has 6 nitrogen and oxygen atoms in total. The quantitative estimate of drug-likeness (QED) is 0.787. The highest BCUT2D eigenvalue weighted by Gasteiger charge is 2.16. The molecule has 0 spiro atoms. The zero-order valence-electron chi connectivity index (χ0n) is 13.1. The van der Waals surface area contributed by atoms with Gasteiger partial charge in [0.15, 0.2) is 0 Å². The van der Waals surface area contributed by atoms with Crippen molar-refractivity contribution in [2.75, 3.05) is 6.61 Å². The second kappa shape index (κ2) is 7.17. The van der Waals surface area contributed by atoms with Crippen LogP contribution in [0.4, 0.5) is 4.79 Å². The van der Waals surface area contributed by atoms with Gasteiger partial charge in [-0.25, -0.2) is 9.78 Å². The van der Waals surface area contributed by atoms with Crippen molar-refractivity contribution in [3.8, 4) is 17.3 Å². The molecule has 1 aliphatic rings. The third-order valence-corrected chi connectivity index (χ3v) is 3.73. The molecule has 23 heavy (non-hydrogen) atoms. The highest BCUT2D eigenvalue weighted by molar-refractivity contribution is 5.62. The Morgan fingerprint density at radius 3 is 2.96 bits per heavy atom. The van der Waals surface area contributed by atoms with E-state index in [0.29, 0.717) is 6.10 Å². The molecule has 0 amide bonds. The zero-order valence-corrected chi connectivity index (χ0v) is 13.1. The van der Waals surface area contributed by atoms with Gasteiger partial charge in [0, 0.05) is 6.07 Å². The smallest absolute Gasteiger partial charge is 0.490 e. The number of carbonyl (C=O) groups is 1. The summed E-state index contributed by atoms with van der Waals surface area (Å²) >= 11 is 0. The van der Waals surface area contributed by atoms with E-state index in [2.05, 4.69) is 4.98 Å². The molecule has 1 heterocycles. The predicted octanol–water partition coefficient (Wildman–Crippen LogP) is 3.73. The number of hydrogen-bond acceptors (Lipinski definition) is 5. The molecule has 3 rings (SSSR count). The monoisotopic (exact) mass is 316 g/mol. The number of hydrogen-bond donors (Lipinski definition) is 0. The van der Waals surface area contributed by atoms with Gasteiger partial charge in [-0.05, 0) is 44.7 Å².